The fourth-order valence-corrected chi connectivity index (χ4v) is 2.14. The van der Waals surface area contributed by atoms with Crippen molar-refractivity contribution < 1.29 is 0 Å². The molecule has 0 saturated carbocycles. The highest BCUT2D eigenvalue weighted by Crippen LogP contribution is 2.15. The average molecular weight is 252 g/mol. The van der Waals surface area contributed by atoms with Gasteiger partial charge in [-0.3, -0.25) is 0 Å². The minimum atomic E-state index is 0.570. The van der Waals surface area contributed by atoms with Gasteiger partial charge in [0.15, 0.2) is 0 Å². The van der Waals surface area contributed by atoms with E-state index in [1.54, 1.807) is 11.8 Å². The molecule has 3 heteroatoms. The first-order chi connectivity index (χ1) is 8.17. The normalized spacial score (nSPS) is 13.0. The van der Waals surface area contributed by atoms with E-state index in [-0.39, 0.29) is 0 Å². The first kappa shape index (κ1) is 14.6. The van der Waals surface area contributed by atoms with Crippen molar-refractivity contribution in [2.75, 3.05) is 19.3 Å². The van der Waals surface area contributed by atoms with Crippen LogP contribution in [0, 0.1) is 11.8 Å². The molecule has 0 aromatic heterocycles. The minimum absolute atomic E-state index is 0.570. The Kier molecular flexibility index (Phi) is 6.63. The first-order valence-corrected chi connectivity index (χ1v) is 7.43. The monoisotopic (exact) mass is 252 g/mol. The quantitative estimate of drug-likeness (QED) is 0.733. The summed E-state index contributed by atoms with van der Waals surface area (Å²) >= 11 is 1.78. The number of rotatable bonds is 7. The zero-order chi connectivity index (χ0) is 12.7. The molecule has 0 aliphatic heterocycles. The second-order valence-corrected chi connectivity index (χ2v) is 5.60. The molecule has 1 atom stereocenters. The third-order valence-electron chi connectivity index (χ3n) is 3.14. The summed E-state index contributed by atoms with van der Waals surface area (Å²) in [5, 5.41) is 3.48. The second kappa shape index (κ2) is 7.75. The SMILES string of the molecule is CSc1ccc(CNCC(CN)C(C)C)cc1. The highest BCUT2D eigenvalue weighted by atomic mass is 32.2. The molecule has 96 valence electrons. The predicted octanol–water partition coefficient (Wildman–Crippen LogP) is 2.73. The summed E-state index contributed by atoms with van der Waals surface area (Å²) in [5.41, 5.74) is 7.08. The predicted molar refractivity (Wildman–Crippen MR) is 77.3 cm³/mol. The molecular formula is C14H24N2S. The molecule has 2 nitrogen and oxygen atoms in total. The second-order valence-electron chi connectivity index (χ2n) is 4.72. The summed E-state index contributed by atoms with van der Waals surface area (Å²) in [6.07, 6.45) is 2.10. The maximum absolute atomic E-state index is 5.75. The van der Waals surface area contributed by atoms with Crippen LogP contribution in [0.25, 0.3) is 0 Å². The Morgan fingerprint density at radius 1 is 1.24 bits per heavy atom. The molecule has 0 radical (unpaired) electrons. The molecule has 0 bridgehead atoms. The summed E-state index contributed by atoms with van der Waals surface area (Å²) < 4.78 is 0. The molecule has 0 aliphatic rings. The number of benzene rings is 1. The summed E-state index contributed by atoms with van der Waals surface area (Å²) in [6.45, 7) is 7.14. The van der Waals surface area contributed by atoms with Crippen LogP contribution in [0.4, 0.5) is 0 Å². The maximum Gasteiger partial charge on any atom is 0.0205 e. The lowest BCUT2D eigenvalue weighted by molar-refractivity contribution is 0.370. The van der Waals surface area contributed by atoms with E-state index in [0.29, 0.717) is 11.8 Å². The van der Waals surface area contributed by atoms with E-state index in [4.69, 9.17) is 5.73 Å². The summed E-state index contributed by atoms with van der Waals surface area (Å²) in [4.78, 5) is 1.32. The van der Waals surface area contributed by atoms with Crippen LogP contribution in [0.1, 0.15) is 19.4 Å². The minimum Gasteiger partial charge on any atom is -0.330 e. The van der Waals surface area contributed by atoms with E-state index in [0.717, 1.165) is 19.6 Å². The standard InChI is InChI=1S/C14H24N2S/c1-11(2)13(8-15)10-16-9-12-4-6-14(17-3)7-5-12/h4-7,11,13,16H,8-10,15H2,1-3H3. The van der Waals surface area contributed by atoms with Gasteiger partial charge in [0.1, 0.15) is 0 Å². The molecule has 3 N–H and O–H groups in total. The van der Waals surface area contributed by atoms with Crippen molar-refractivity contribution in [1.29, 1.82) is 0 Å². The molecular weight excluding hydrogens is 228 g/mol. The Bertz CT molecular complexity index is 309. The van der Waals surface area contributed by atoms with Gasteiger partial charge in [-0.15, -0.1) is 11.8 Å². The Labute approximate surface area is 109 Å². The lowest BCUT2D eigenvalue weighted by Crippen LogP contribution is -2.31. The highest BCUT2D eigenvalue weighted by Gasteiger charge is 2.10. The van der Waals surface area contributed by atoms with Crippen LogP contribution in [-0.2, 0) is 6.54 Å². The van der Waals surface area contributed by atoms with Crippen molar-refractivity contribution in [3.8, 4) is 0 Å². The summed E-state index contributed by atoms with van der Waals surface area (Å²) in [5.74, 6) is 1.21. The van der Waals surface area contributed by atoms with Gasteiger partial charge in [0.2, 0.25) is 0 Å². The van der Waals surface area contributed by atoms with Crippen molar-refractivity contribution >= 4 is 11.8 Å². The fourth-order valence-electron chi connectivity index (χ4n) is 1.74. The average Bonchev–Trinajstić information content (AvgIpc) is 2.35. The van der Waals surface area contributed by atoms with Crippen molar-refractivity contribution in [2.24, 2.45) is 17.6 Å². The van der Waals surface area contributed by atoms with Crippen LogP contribution >= 0.6 is 11.8 Å². The van der Waals surface area contributed by atoms with E-state index < -0.39 is 0 Å². The lowest BCUT2D eigenvalue weighted by Gasteiger charge is -2.19. The Balaban J connectivity index is 2.34. The first-order valence-electron chi connectivity index (χ1n) is 6.21. The van der Waals surface area contributed by atoms with Gasteiger partial charge in [0.25, 0.3) is 0 Å². The van der Waals surface area contributed by atoms with E-state index in [1.807, 2.05) is 0 Å². The Morgan fingerprint density at radius 3 is 2.35 bits per heavy atom. The van der Waals surface area contributed by atoms with E-state index in [1.165, 1.54) is 10.5 Å². The van der Waals surface area contributed by atoms with Gasteiger partial charge in [-0.05, 0) is 48.9 Å². The number of nitrogens with two attached hydrogens (primary N) is 1. The van der Waals surface area contributed by atoms with E-state index >= 15 is 0 Å². The van der Waals surface area contributed by atoms with Gasteiger partial charge in [-0.1, -0.05) is 26.0 Å². The molecule has 1 aromatic carbocycles. The molecule has 0 amide bonds. The van der Waals surface area contributed by atoms with Crippen molar-refractivity contribution in [3.05, 3.63) is 29.8 Å². The molecule has 1 unspecified atom stereocenters. The molecule has 0 spiro atoms. The van der Waals surface area contributed by atoms with Gasteiger partial charge < -0.3 is 11.1 Å². The van der Waals surface area contributed by atoms with Gasteiger partial charge in [-0.2, -0.15) is 0 Å². The fraction of sp³-hybridized carbons (Fsp3) is 0.571. The number of hydrogen-bond acceptors (Lipinski definition) is 3. The molecule has 0 aliphatic carbocycles. The van der Waals surface area contributed by atoms with Crippen LogP contribution in [0.15, 0.2) is 29.2 Å². The van der Waals surface area contributed by atoms with Gasteiger partial charge >= 0.3 is 0 Å². The van der Waals surface area contributed by atoms with Crippen LogP contribution in [0.2, 0.25) is 0 Å². The van der Waals surface area contributed by atoms with Crippen LogP contribution in [0.5, 0.6) is 0 Å². The third kappa shape index (κ3) is 5.11. The summed E-state index contributed by atoms with van der Waals surface area (Å²) in [7, 11) is 0. The van der Waals surface area contributed by atoms with Crippen LogP contribution in [0.3, 0.4) is 0 Å². The largest absolute Gasteiger partial charge is 0.330 e. The Morgan fingerprint density at radius 2 is 1.88 bits per heavy atom. The lowest BCUT2D eigenvalue weighted by atomic mass is 9.96. The molecule has 1 rings (SSSR count). The summed E-state index contributed by atoms with van der Waals surface area (Å²) in [6, 6.07) is 8.71. The molecule has 1 aromatic rings. The molecule has 17 heavy (non-hydrogen) atoms. The molecule has 0 heterocycles. The maximum atomic E-state index is 5.75. The molecule has 0 fully saturated rings. The number of hydrogen-bond donors (Lipinski definition) is 2. The van der Waals surface area contributed by atoms with Gasteiger partial charge in [0.05, 0.1) is 0 Å². The van der Waals surface area contributed by atoms with Crippen molar-refractivity contribution in [2.45, 2.75) is 25.3 Å². The highest BCUT2D eigenvalue weighted by molar-refractivity contribution is 7.98. The van der Waals surface area contributed by atoms with Gasteiger partial charge in [0, 0.05) is 11.4 Å². The zero-order valence-electron chi connectivity index (χ0n) is 11.1. The van der Waals surface area contributed by atoms with Crippen LogP contribution < -0.4 is 11.1 Å². The van der Waals surface area contributed by atoms with Gasteiger partial charge in [-0.25, -0.2) is 0 Å². The van der Waals surface area contributed by atoms with Crippen molar-refractivity contribution in [3.63, 3.8) is 0 Å². The number of thioether (sulfide) groups is 1. The topological polar surface area (TPSA) is 38.0 Å². The number of nitrogens with one attached hydrogen (secondary N) is 1. The smallest absolute Gasteiger partial charge is 0.0205 e. The zero-order valence-corrected chi connectivity index (χ0v) is 11.9. The van der Waals surface area contributed by atoms with Crippen molar-refractivity contribution in [1.82, 2.24) is 5.32 Å². The van der Waals surface area contributed by atoms with Crippen LogP contribution in [-0.4, -0.2) is 19.3 Å². The van der Waals surface area contributed by atoms with E-state index in [9.17, 15) is 0 Å². The molecule has 0 saturated heterocycles. The van der Waals surface area contributed by atoms with E-state index in [2.05, 4.69) is 49.7 Å². The Hall–Kier alpha value is -0.510. The third-order valence-corrected chi connectivity index (χ3v) is 3.88.